The number of unbranched alkanes of at least 4 members (excludes halogenated alkanes) is 3. The average Bonchev–Trinajstić information content (AvgIpc) is 2.93. The van der Waals surface area contributed by atoms with Crippen molar-refractivity contribution in [2.45, 2.75) is 65.5 Å². The second-order valence-electron chi connectivity index (χ2n) is 6.50. The summed E-state index contributed by atoms with van der Waals surface area (Å²) in [5, 5.41) is 6.89. The van der Waals surface area contributed by atoms with Crippen molar-refractivity contribution in [2.75, 3.05) is 13.2 Å². The summed E-state index contributed by atoms with van der Waals surface area (Å²) in [4.78, 5) is 23.2. The quantitative estimate of drug-likeness (QED) is 0.552. The van der Waals surface area contributed by atoms with Crippen LogP contribution in [0.3, 0.4) is 0 Å². The van der Waals surface area contributed by atoms with Gasteiger partial charge in [-0.1, -0.05) is 12.8 Å². The molecule has 0 bridgehead atoms. The summed E-state index contributed by atoms with van der Waals surface area (Å²) >= 11 is 0. The number of hydrogen-bond donors (Lipinski definition) is 1. The Bertz CT molecular complexity index is 520. The van der Waals surface area contributed by atoms with E-state index in [1.165, 1.54) is 0 Å². The second kappa shape index (κ2) is 9.95. The predicted octanol–water partition coefficient (Wildman–Crippen LogP) is 3.14. The number of ether oxygens (including phenoxy) is 2. The third-order valence-electron chi connectivity index (χ3n) is 3.17. The Morgan fingerprint density at radius 3 is 2.58 bits per heavy atom. The molecule has 0 aromatic carbocycles. The number of carbonyl (C=O) groups is 2. The molecule has 0 unspecified atom stereocenters. The standard InChI is InChI=1S/C17H29N3O4/c1-5-23-15(21)14-10-12-19-20(14)13-9-7-6-8-11-18-16(22)24-17(2,3)4/h10,12H,5-9,11,13H2,1-4H3,(H,18,22). The number of rotatable bonds is 9. The summed E-state index contributed by atoms with van der Waals surface area (Å²) in [5.41, 5.74) is 0.0215. The molecular weight excluding hydrogens is 310 g/mol. The van der Waals surface area contributed by atoms with Gasteiger partial charge in [0.25, 0.3) is 0 Å². The highest BCUT2D eigenvalue weighted by Crippen LogP contribution is 2.08. The van der Waals surface area contributed by atoms with Crippen LogP contribution in [0, 0.1) is 0 Å². The molecule has 1 rings (SSSR count). The molecule has 0 aliphatic heterocycles. The van der Waals surface area contributed by atoms with Crippen molar-refractivity contribution in [3.8, 4) is 0 Å². The Morgan fingerprint density at radius 2 is 1.92 bits per heavy atom. The minimum atomic E-state index is -0.468. The van der Waals surface area contributed by atoms with Crippen LogP contribution >= 0.6 is 0 Å². The SMILES string of the molecule is CCOC(=O)c1ccnn1CCCCCCNC(=O)OC(C)(C)C. The molecule has 0 radical (unpaired) electrons. The normalized spacial score (nSPS) is 11.2. The first-order valence-electron chi connectivity index (χ1n) is 8.49. The fraction of sp³-hybridized carbons (Fsp3) is 0.706. The van der Waals surface area contributed by atoms with Crippen molar-refractivity contribution in [1.29, 1.82) is 0 Å². The number of nitrogens with one attached hydrogen (secondary N) is 1. The summed E-state index contributed by atoms with van der Waals surface area (Å²) in [7, 11) is 0. The van der Waals surface area contributed by atoms with Gasteiger partial charge in [-0.2, -0.15) is 5.10 Å². The lowest BCUT2D eigenvalue weighted by Gasteiger charge is -2.19. The summed E-state index contributed by atoms with van der Waals surface area (Å²) in [6.45, 7) is 8.94. The number of alkyl carbamates (subject to hydrolysis) is 1. The van der Waals surface area contributed by atoms with Crippen LogP contribution < -0.4 is 5.32 Å². The third kappa shape index (κ3) is 7.99. The zero-order chi connectivity index (χ0) is 18.0. The molecule has 1 aromatic heterocycles. The Hall–Kier alpha value is -2.05. The van der Waals surface area contributed by atoms with Gasteiger partial charge >= 0.3 is 12.1 Å². The van der Waals surface area contributed by atoms with Gasteiger partial charge in [-0.3, -0.25) is 4.68 Å². The van der Waals surface area contributed by atoms with Crippen molar-refractivity contribution in [3.05, 3.63) is 18.0 Å². The van der Waals surface area contributed by atoms with Crippen molar-refractivity contribution < 1.29 is 19.1 Å². The smallest absolute Gasteiger partial charge is 0.407 e. The Kier molecular flexibility index (Phi) is 8.29. The molecule has 0 atom stereocenters. The Labute approximate surface area is 143 Å². The maximum Gasteiger partial charge on any atom is 0.407 e. The summed E-state index contributed by atoms with van der Waals surface area (Å²) in [6, 6.07) is 1.67. The van der Waals surface area contributed by atoms with E-state index in [2.05, 4.69) is 10.4 Å². The molecule has 0 aliphatic carbocycles. The molecule has 0 fully saturated rings. The lowest BCUT2D eigenvalue weighted by molar-refractivity contribution is 0.0507. The van der Waals surface area contributed by atoms with Crippen LogP contribution in [0.5, 0.6) is 0 Å². The van der Waals surface area contributed by atoms with Gasteiger partial charge < -0.3 is 14.8 Å². The van der Waals surface area contributed by atoms with Crippen LogP contribution in [0.4, 0.5) is 4.79 Å². The number of hydrogen-bond acceptors (Lipinski definition) is 5. The number of aryl methyl sites for hydroxylation is 1. The molecule has 7 heteroatoms. The van der Waals surface area contributed by atoms with E-state index in [-0.39, 0.29) is 12.1 Å². The fourth-order valence-corrected chi connectivity index (χ4v) is 2.13. The molecule has 1 heterocycles. The monoisotopic (exact) mass is 339 g/mol. The molecule has 24 heavy (non-hydrogen) atoms. The number of amides is 1. The van der Waals surface area contributed by atoms with Gasteiger partial charge in [0.15, 0.2) is 0 Å². The highest BCUT2D eigenvalue weighted by atomic mass is 16.6. The predicted molar refractivity (Wildman–Crippen MR) is 90.9 cm³/mol. The first-order valence-corrected chi connectivity index (χ1v) is 8.49. The van der Waals surface area contributed by atoms with Crippen molar-refractivity contribution >= 4 is 12.1 Å². The molecule has 1 amide bonds. The van der Waals surface area contributed by atoms with Gasteiger partial charge in [-0.15, -0.1) is 0 Å². The fourth-order valence-electron chi connectivity index (χ4n) is 2.13. The Balaban J connectivity index is 2.14. The van der Waals surface area contributed by atoms with Gasteiger partial charge in [-0.25, -0.2) is 9.59 Å². The van der Waals surface area contributed by atoms with Crippen LogP contribution in [0.25, 0.3) is 0 Å². The van der Waals surface area contributed by atoms with Crippen LogP contribution in [0.1, 0.15) is 63.9 Å². The Morgan fingerprint density at radius 1 is 1.21 bits per heavy atom. The maximum atomic E-state index is 11.7. The summed E-state index contributed by atoms with van der Waals surface area (Å²) < 4.78 is 11.8. The van der Waals surface area contributed by atoms with Gasteiger partial charge in [-0.05, 0) is 46.6 Å². The highest BCUT2D eigenvalue weighted by Gasteiger charge is 2.15. The minimum Gasteiger partial charge on any atom is -0.461 e. The van der Waals surface area contributed by atoms with Crippen molar-refractivity contribution in [3.63, 3.8) is 0 Å². The van der Waals surface area contributed by atoms with E-state index in [4.69, 9.17) is 9.47 Å². The number of esters is 1. The zero-order valence-corrected chi connectivity index (χ0v) is 15.1. The first kappa shape index (κ1) is 20.0. The van der Waals surface area contributed by atoms with Crippen molar-refractivity contribution in [1.82, 2.24) is 15.1 Å². The molecule has 0 saturated heterocycles. The molecule has 1 aromatic rings. The lowest BCUT2D eigenvalue weighted by atomic mass is 10.2. The van der Waals surface area contributed by atoms with E-state index < -0.39 is 5.60 Å². The van der Waals surface area contributed by atoms with Gasteiger partial charge in [0.2, 0.25) is 0 Å². The molecule has 1 N–H and O–H groups in total. The summed E-state index contributed by atoms with van der Waals surface area (Å²) in [6.07, 6.45) is 5.03. The van der Waals surface area contributed by atoms with E-state index in [0.29, 0.717) is 25.4 Å². The van der Waals surface area contributed by atoms with E-state index in [1.54, 1.807) is 23.9 Å². The van der Waals surface area contributed by atoms with E-state index >= 15 is 0 Å². The number of nitrogens with zero attached hydrogens (tertiary/aromatic N) is 2. The van der Waals surface area contributed by atoms with Gasteiger partial charge in [0.1, 0.15) is 11.3 Å². The average molecular weight is 339 g/mol. The van der Waals surface area contributed by atoms with Gasteiger partial charge in [0, 0.05) is 19.3 Å². The van der Waals surface area contributed by atoms with E-state index in [1.807, 2.05) is 20.8 Å². The summed E-state index contributed by atoms with van der Waals surface area (Å²) in [5.74, 6) is -0.337. The van der Waals surface area contributed by atoms with Crippen LogP contribution in [-0.2, 0) is 16.0 Å². The van der Waals surface area contributed by atoms with Crippen LogP contribution in [-0.4, -0.2) is 40.6 Å². The van der Waals surface area contributed by atoms with Gasteiger partial charge in [0.05, 0.1) is 6.61 Å². The number of carbonyl (C=O) groups excluding carboxylic acids is 2. The van der Waals surface area contributed by atoms with Crippen LogP contribution in [0.2, 0.25) is 0 Å². The maximum absolute atomic E-state index is 11.7. The topological polar surface area (TPSA) is 82.5 Å². The van der Waals surface area contributed by atoms with Crippen molar-refractivity contribution in [2.24, 2.45) is 0 Å². The number of aromatic nitrogens is 2. The molecule has 0 aliphatic rings. The molecule has 136 valence electrons. The molecule has 0 spiro atoms. The van der Waals surface area contributed by atoms with E-state index in [0.717, 1.165) is 25.7 Å². The van der Waals surface area contributed by atoms with E-state index in [9.17, 15) is 9.59 Å². The van der Waals surface area contributed by atoms with Crippen LogP contribution in [0.15, 0.2) is 12.3 Å². The zero-order valence-electron chi connectivity index (χ0n) is 15.1. The molecular formula is C17H29N3O4. The third-order valence-corrected chi connectivity index (χ3v) is 3.17. The molecule has 0 saturated carbocycles. The second-order valence-corrected chi connectivity index (χ2v) is 6.50. The first-order chi connectivity index (χ1) is 11.3. The largest absolute Gasteiger partial charge is 0.461 e. The lowest BCUT2D eigenvalue weighted by Crippen LogP contribution is -2.32. The molecule has 7 nitrogen and oxygen atoms in total. The minimum absolute atomic E-state index is 0.337. The highest BCUT2D eigenvalue weighted by molar-refractivity contribution is 5.87.